The molecule has 3 nitrogen and oxygen atoms in total. The molecule has 3 aliphatic heterocycles. The first-order valence-corrected chi connectivity index (χ1v) is 10.4. The third-order valence-corrected chi connectivity index (χ3v) is 7.72. The van der Waals surface area contributed by atoms with E-state index in [1.165, 1.54) is 36.1 Å². The highest BCUT2D eigenvalue weighted by atomic mass is 35.5. The lowest BCUT2D eigenvalue weighted by atomic mass is 10.0. The molecule has 1 radical (unpaired) electrons. The van der Waals surface area contributed by atoms with Crippen LogP contribution in [0.2, 0.25) is 5.02 Å². The van der Waals surface area contributed by atoms with E-state index in [-0.39, 0.29) is 0 Å². The van der Waals surface area contributed by atoms with Crippen molar-refractivity contribution in [2.75, 3.05) is 12.4 Å². The van der Waals surface area contributed by atoms with Gasteiger partial charge in [0.25, 0.3) is 0 Å². The number of thioether (sulfide) groups is 1. The van der Waals surface area contributed by atoms with Crippen LogP contribution in [0.3, 0.4) is 0 Å². The fourth-order valence-electron chi connectivity index (χ4n) is 4.26. The topological polar surface area (TPSA) is 29.4 Å². The Hall–Kier alpha value is -0.490. The van der Waals surface area contributed by atoms with Gasteiger partial charge in [-0.25, -0.2) is 5.32 Å². The third-order valence-electron chi connectivity index (χ3n) is 5.64. The summed E-state index contributed by atoms with van der Waals surface area (Å²) in [5.74, 6) is 0.419. The van der Waals surface area contributed by atoms with Crippen molar-refractivity contribution >= 4 is 52.1 Å². The first-order chi connectivity index (χ1) is 11.4. The van der Waals surface area contributed by atoms with Crippen molar-refractivity contribution in [3.8, 4) is 0 Å². The molecule has 6 heteroatoms. The molecule has 1 aromatic carbocycles. The smallest absolute Gasteiger partial charge is 0.197 e. The van der Waals surface area contributed by atoms with Crippen molar-refractivity contribution < 1.29 is 0 Å². The first-order valence-electron chi connectivity index (χ1n) is 8.71. The number of benzene rings is 1. The van der Waals surface area contributed by atoms with Crippen LogP contribution in [0.4, 0.5) is 11.4 Å². The van der Waals surface area contributed by atoms with Gasteiger partial charge >= 0.3 is 0 Å². The summed E-state index contributed by atoms with van der Waals surface area (Å²) in [6, 6.07) is 3.67. The number of rotatable bonds is 3. The van der Waals surface area contributed by atoms with Gasteiger partial charge < -0.3 is 10.2 Å². The normalized spacial score (nSPS) is 28.9. The molecule has 2 fully saturated rings. The maximum Gasteiger partial charge on any atom is 0.197 e. The zero-order chi connectivity index (χ0) is 17.0. The molecule has 1 aromatic rings. The Morgan fingerprint density at radius 2 is 2.00 bits per heavy atom. The molecule has 2 saturated heterocycles. The van der Waals surface area contributed by atoms with Crippen LogP contribution in [0.1, 0.15) is 51.0 Å². The summed E-state index contributed by atoms with van der Waals surface area (Å²) < 4.78 is 0. The monoisotopic (exact) mass is 380 g/mol. The summed E-state index contributed by atoms with van der Waals surface area (Å²) in [7, 11) is 2.29. The molecule has 0 spiro atoms. The number of nitrogens with zero attached hydrogens (tertiary/aromatic N) is 2. The van der Waals surface area contributed by atoms with E-state index in [0.717, 1.165) is 28.5 Å². The molecule has 3 heterocycles. The van der Waals surface area contributed by atoms with E-state index in [0.29, 0.717) is 16.3 Å². The second-order valence-electron chi connectivity index (χ2n) is 7.46. The summed E-state index contributed by atoms with van der Waals surface area (Å²) in [6.45, 7) is 4.45. The van der Waals surface area contributed by atoms with Crippen molar-refractivity contribution in [2.45, 2.75) is 67.7 Å². The first kappa shape index (κ1) is 17.0. The van der Waals surface area contributed by atoms with Gasteiger partial charge in [-0.1, -0.05) is 25.4 Å². The standard InChI is InChI=1S/C18H23ClN3S2/c1-9(2)13-8-14-16(21-18(23)20-14)15(19)17(13)24-12-6-10-4-5-11(7-12)22(10)3/h8-12H,4-7H2,1-3H3,(H,21,23). The van der Waals surface area contributed by atoms with Gasteiger partial charge in [-0.3, -0.25) is 0 Å². The van der Waals surface area contributed by atoms with Gasteiger partial charge in [0.1, 0.15) is 0 Å². The van der Waals surface area contributed by atoms with E-state index in [9.17, 15) is 0 Å². The minimum absolute atomic E-state index is 0.419. The van der Waals surface area contributed by atoms with E-state index < -0.39 is 0 Å². The molecule has 3 aliphatic rings. The average Bonchev–Trinajstić information content (AvgIpc) is 2.97. The summed E-state index contributed by atoms with van der Waals surface area (Å²) in [4.78, 5) is 3.82. The molecule has 2 atom stereocenters. The zero-order valence-corrected chi connectivity index (χ0v) is 16.7. The second kappa shape index (κ2) is 6.35. The molecule has 0 saturated carbocycles. The molecular weight excluding hydrogens is 358 g/mol. The summed E-state index contributed by atoms with van der Waals surface area (Å²) in [5, 5.41) is 9.53. The Kier molecular flexibility index (Phi) is 4.48. The van der Waals surface area contributed by atoms with E-state index in [2.05, 4.69) is 42.5 Å². The van der Waals surface area contributed by atoms with Crippen molar-refractivity contribution in [3.63, 3.8) is 0 Å². The van der Waals surface area contributed by atoms with Gasteiger partial charge in [0.15, 0.2) is 5.11 Å². The minimum Gasteiger partial charge on any atom is -0.328 e. The van der Waals surface area contributed by atoms with Gasteiger partial charge in [0.2, 0.25) is 0 Å². The van der Waals surface area contributed by atoms with Crippen LogP contribution in [0.15, 0.2) is 11.0 Å². The predicted molar refractivity (Wildman–Crippen MR) is 107 cm³/mol. The number of nitrogens with one attached hydrogen (secondary N) is 1. The van der Waals surface area contributed by atoms with E-state index in [4.69, 9.17) is 23.8 Å². The summed E-state index contributed by atoms with van der Waals surface area (Å²) in [6.07, 6.45) is 5.22. The van der Waals surface area contributed by atoms with Gasteiger partial charge in [-0.05, 0) is 62.5 Å². The lowest BCUT2D eigenvalue weighted by molar-refractivity contribution is 0.183. The van der Waals surface area contributed by atoms with E-state index in [1.54, 1.807) is 0 Å². The number of halogens is 1. The van der Waals surface area contributed by atoms with Gasteiger partial charge in [0, 0.05) is 22.2 Å². The molecule has 2 unspecified atom stereocenters. The second-order valence-corrected chi connectivity index (χ2v) is 9.54. The minimum atomic E-state index is 0.419. The number of piperidine rings is 1. The van der Waals surface area contributed by atoms with Gasteiger partial charge in [-0.15, -0.1) is 11.8 Å². The number of anilines is 1. The Labute approximate surface area is 158 Å². The molecule has 24 heavy (non-hydrogen) atoms. The highest BCUT2D eigenvalue weighted by Crippen LogP contribution is 2.49. The molecule has 0 aromatic heterocycles. The number of hydrogen-bond acceptors (Lipinski definition) is 3. The quantitative estimate of drug-likeness (QED) is 0.736. The van der Waals surface area contributed by atoms with Crippen molar-refractivity contribution in [1.82, 2.24) is 10.2 Å². The Bertz CT molecular complexity index is 677. The van der Waals surface area contributed by atoms with Crippen LogP contribution in [0, 0.1) is 0 Å². The van der Waals surface area contributed by atoms with Crippen LogP contribution in [0.5, 0.6) is 0 Å². The van der Waals surface area contributed by atoms with Gasteiger partial charge in [-0.2, -0.15) is 0 Å². The van der Waals surface area contributed by atoms with Crippen LogP contribution in [-0.2, 0) is 0 Å². The number of thiocarbonyl (C=S) groups is 1. The molecule has 2 bridgehead atoms. The average molecular weight is 381 g/mol. The Morgan fingerprint density at radius 1 is 1.33 bits per heavy atom. The third kappa shape index (κ3) is 2.83. The maximum absolute atomic E-state index is 6.79. The highest BCUT2D eigenvalue weighted by Gasteiger charge is 2.39. The van der Waals surface area contributed by atoms with Gasteiger partial charge in [0.05, 0.1) is 16.4 Å². The Morgan fingerprint density at radius 3 is 2.62 bits per heavy atom. The number of hydrogen-bond donors (Lipinski definition) is 1. The molecular formula is C18H23ClN3S2. The van der Waals surface area contributed by atoms with Crippen molar-refractivity contribution in [1.29, 1.82) is 0 Å². The largest absolute Gasteiger partial charge is 0.328 e. The lowest BCUT2D eigenvalue weighted by Crippen LogP contribution is -2.40. The summed E-state index contributed by atoms with van der Waals surface area (Å²) >= 11 is 14.0. The molecule has 1 N–H and O–H groups in total. The number of fused-ring (bicyclic) bond motifs is 3. The van der Waals surface area contributed by atoms with E-state index in [1.807, 2.05) is 11.8 Å². The predicted octanol–water partition coefficient (Wildman–Crippen LogP) is 5.13. The van der Waals surface area contributed by atoms with Crippen LogP contribution in [0.25, 0.3) is 0 Å². The fourth-order valence-corrected chi connectivity index (χ4v) is 6.46. The highest BCUT2D eigenvalue weighted by molar-refractivity contribution is 8.00. The zero-order valence-electron chi connectivity index (χ0n) is 14.3. The van der Waals surface area contributed by atoms with Crippen LogP contribution >= 0.6 is 35.6 Å². The van der Waals surface area contributed by atoms with Crippen molar-refractivity contribution in [3.05, 3.63) is 16.7 Å². The lowest BCUT2D eigenvalue weighted by Gasteiger charge is -2.36. The Balaban J connectivity index is 1.65. The fraction of sp³-hybridized carbons (Fsp3) is 0.611. The van der Waals surface area contributed by atoms with Crippen LogP contribution < -0.4 is 10.6 Å². The molecule has 129 valence electrons. The van der Waals surface area contributed by atoms with Crippen molar-refractivity contribution in [2.24, 2.45) is 0 Å². The molecule has 0 aliphatic carbocycles. The molecule has 4 rings (SSSR count). The SMILES string of the molecule is CC(C)c1cc2c(c(Cl)c1SC1CC3CCC(C1)N3C)NC(=S)[N]2. The molecule has 0 amide bonds. The maximum atomic E-state index is 6.79. The summed E-state index contributed by atoms with van der Waals surface area (Å²) in [5.41, 5.74) is 3.08. The van der Waals surface area contributed by atoms with E-state index >= 15 is 0 Å². The van der Waals surface area contributed by atoms with Crippen LogP contribution in [-0.4, -0.2) is 34.4 Å².